The van der Waals surface area contributed by atoms with Gasteiger partial charge in [0.1, 0.15) is 0 Å². The van der Waals surface area contributed by atoms with Gasteiger partial charge in [-0.25, -0.2) is 4.98 Å². The molecule has 0 amide bonds. The van der Waals surface area contributed by atoms with E-state index in [0.29, 0.717) is 0 Å². The lowest BCUT2D eigenvalue weighted by Gasteiger charge is -2.10. The maximum absolute atomic E-state index is 5.98. The number of hydrogen-bond acceptors (Lipinski definition) is 3. The summed E-state index contributed by atoms with van der Waals surface area (Å²) < 4.78 is 5.32. The Bertz CT molecular complexity index is 738. The summed E-state index contributed by atoms with van der Waals surface area (Å²) in [5, 5.41) is 4.19. The molecule has 106 valence electrons. The van der Waals surface area contributed by atoms with Crippen molar-refractivity contribution in [3.63, 3.8) is 0 Å². The molecule has 0 fully saturated rings. The molecular weight excluding hydrogens is 284 g/mol. The number of hydrogen-bond donors (Lipinski definition) is 1. The predicted molar refractivity (Wildman–Crippen MR) is 85.5 cm³/mol. The highest BCUT2D eigenvalue weighted by Gasteiger charge is 2.03. The van der Waals surface area contributed by atoms with Gasteiger partial charge < -0.3 is 9.73 Å². The van der Waals surface area contributed by atoms with Crippen LogP contribution in [0.25, 0.3) is 11.3 Å². The van der Waals surface area contributed by atoms with Crippen LogP contribution in [-0.2, 0) is 6.54 Å². The second kappa shape index (κ2) is 6.02. The number of benzene rings is 2. The Morgan fingerprint density at radius 1 is 1.19 bits per heavy atom. The van der Waals surface area contributed by atoms with Crippen LogP contribution >= 0.6 is 11.6 Å². The third-order valence-electron chi connectivity index (χ3n) is 3.37. The molecule has 0 saturated carbocycles. The lowest BCUT2D eigenvalue weighted by Crippen LogP contribution is -2.01. The molecule has 0 bridgehead atoms. The van der Waals surface area contributed by atoms with Gasteiger partial charge in [0.25, 0.3) is 0 Å². The van der Waals surface area contributed by atoms with E-state index < -0.39 is 0 Å². The Hall–Kier alpha value is -2.26. The molecule has 0 radical (unpaired) electrons. The average molecular weight is 299 g/mol. The molecule has 3 rings (SSSR count). The minimum atomic E-state index is 0.753. The van der Waals surface area contributed by atoms with Crippen LogP contribution < -0.4 is 5.32 Å². The second-order valence-corrected chi connectivity index (χ2v) is 5.31. The van der Waals surface area contributed by atoms with Gasteiger partial charge in [0.15, 0.2) is 12.2 Å². The van der Waals surface area contributed by atoms with Crippen LogP contribution in [0.15, 0.2) is 59.5 Å². The van der Waals surface area contributed by atoms with Gasteiger partial charge in [-0.1, -0.05) is 29.8 Å². The van der Waals surface area contributed by atoms with Crippen molar-refractivity contribution < 1.29 is 4.42 Å². The summed E-state index contributed by atoms with van der Waals surface area (Å²) in [5.74, 6) is 0.765. The Kier molecular flexibility index (Phi) is 3.93. The quantitative estimate of drug-likeness (QED) is 0.743. The van der Waals surface area contributed by atoms with E-state index in [4.69, 9.17) is 16.0 Å². The lowest BCUT2D eigenvalue weighted by atomic mass is 10.1. The third-order valence-corrected chi connectivity index (χ3v) is 3.60. The number of nitrogens with one attached hydrogen (secondary N) is 1. The monoisotopic (exact) mass is 298 g/mol. The summed E-state index contributed by atoms with van der Waals surface area (Å²) in [7, 11) is 0. The van der Waals surface area contributed by atoms with Crippen molar-refractivity contribution in [2.75, 3.05) is 5.32 Å². The number of anilines is 1. The Morgan fingerprint density at radius 3 is 2.86 bits per heavy atom. The number of rotatable bonds is 4. The van der Waals surface area contributed by atoms with E-state index in [1.165, 1.54) is 17.5 Å². The summed E-state index contributed by atoms with van der Waals surface area (Å²) in [6, 6.07) is 14.0. The first-order chi connectivity index (χ1) is 10.2. The zero-order valence-corrected chi connectivity index (χ0v) is 12.4. The fourth-order valence-electron chi connectivity index (χ4n) is 2.20. The van der Waals surface area contributed by atoms with Gasteiger partial charge in [-0.2, -0.15) is 0 Å². The van der Waals surface area contributed by atoms with Crippen LogP contribution in [0.3, 0.4) is 0 Å². The van der Waals surface area contributed by atoms with Gasteiger partial charge in [-0.05, 0) is 42.3 Å². The zero-order valence-electron chi connectivity index (χ0n) is 11.6. The maximum atomic E-state index is 5.98. The van der Waals surface area contributed by atoms with Crippen molar-refractivity contribution >= 4 is 17.3 Å². The first kappa shape index (κ1) is 13.7. The van der Waals surface area contributed by atoms with Gasteiger partial charge in [-0.15, -0.1) is 0 Å². The van der Waals surface area contributed by atoms with E-state index in [9.17, 15) is 0 Å². The van der Waals surface area contributed by atoms with Crippen molar-refractivity contribution in [2.45, 2.75) is 13.5 Å². The smallest absolute Gasteiger partial charge is 0.181 e. The minimum absolute atomic E-state index is 0.753. The second-order valence-electron chi connectivity index (χ2n) is 4.87. The Morgan fingerprint density at radius 2 is 2.10 bits per heavy atom. The van der Waals surface area contributed by atoms with Crippen molar-refractivity contribution in [3.8, 4) is 11.3 Å². The molecule has 2 aromatic carbocycles. The molecule has 0 saturated heterocycles. The number of oxazole rings is 1. The molecule has 21 heavy (non-hydrogen) atoms. The first-order valence-electron chi connectivity index (χ1n) is 6.70. The third kappa shape index (κ3) is 3.26. The zero-order chi connectivity index (χ0) is 14.7. The van der Waals surface area contributed by atoms with Crippen LogP contribution in [-0.4, -0.2) is 4.98 Å². The normalized spacial score (nSPS) is 10.6. The van der Waals surface area contributed by atoms with Crippen LogP contribution in [0.4, 0.5) is 5.69 Å². The maximum Gasteiger partial charge on any atom is 0.181 e. The fourth-order valence-corrected chi connectivity index (χ4v) is 2.42. The van der Waals surface area contributed by atoms with Gasteiger partial charge in [0.05, 0.1) is 6.20 Å². The number of aryl methyl sites for hydroxylation is 1. The standard InChI is InChI=1S/C17H15ClN2O/c1-12-7-15(18)6-5-14(12)9-20-16-4-2-3-13(8-16)17-10-19-11-21-17/h2-8,10-11,20H,9H2,1H3. The van der Waals surface area contributed by atoms with Crippen molar-refractivity contribution in [3.05, 3.63) is 71.2 Å². The van der Waals surface area contributed by atoms with Gasteiger partial charge in [0, 0.05) is 22.8 Å². The Labute approximate surface area is 128 Å². The minimum Gasteiger partial charge on any atom is -0.444 e. The van der Waals surface area contributed by atoms with E-state index >= 15 is 0 Å². The van der Waals surface area contributed by atoms with Crippen LogP contribution in [0.1, 0.15) is 11.1 Å². The summed E-state index contributed by atoms with van der Waals surface area (Å²) in [6.07, 6.45) is 3.15. The lowest BCUT2D eigenvalue weighted by molar-refractivity contribution is 0.572. The highest BCUT2D eigenvalue weighted by Crippen LogP contribution is 2.23. The van der Waals surface area contributed by atoms with Gasteiger partial charge >= 0.3 is 0 Å². The molecule has 1 aromatic heterocycles. The van der Waals surface area contributed by atoms with E-state index in [-0.39, 0.29) is 0 Å². The number of halogens is 1. The number of aromatic nitrogens is 1. The van der Waals surface area contributed by atoms with Crippen LogP contribution in [0.5, 0.6) is 0 Å². The molecule has 0 atom stereocenters. The molecule has 3 aromatic rings. The fraction of sp³-hybridized carbons (Fsp3) is 0.118. The molecule has 0 aliphatic rings. The molecule has 4 heteroatoms. The first-order valence-corrected chi connectivity index (χ1v) is 7.08. The van der Waals surface area contributed by atoms with Crippen molar-refractivity contribution in [2.24, 2.45) is 0 Å². The van der Waals surface area contributed by atoms with Crippen LogP contribution in [0, 0.1) is 6.92 Å². The summed E-state index contributed by atoms with van der Waals surface area (Å²) in [6.45, 7) is 2.82. The van der Waals surface area contributed by atoms with E-state index in [1.807, 2.05) is 42.5 Å². The SMILES string of the molecule is Cc1cc(Cl)ccc1CNc1cccc(-c2cnco2)c1. The molecule has 0 spiro atoms. The van der Waals surface area contributed by atoms with E-state index in [1.54, 1.807) is 6.20 Å². The predicted octanol–water partition coefficient (Wildman–Crippen LogP) is 4.92. The molecule has 0 unspecified atom stereocenters. The molecule has 3 nitrogen and oxygen atoms in total. The highest BCUT2D eigenvalue weighted by molar-refractivity contribution is 6.30. The van der Waals surface area contributed by atoms with Gasteiger partial charge in [-0.3, -0.25) is 0 Å². The van der Waals surface area contributed by atoms with E-state index in [0.717, 1.165) is 28.6 Å². The summed E-state index contributed by atoms with van der Waals surface area (Å²) in [5.41, 5.74) is 4.45. The largest absolute Gasteiger partial charge is 0.444 e. The Balaban J connectivity index is 1.75. The molecule has 1 N–H and O–H groups in total. The number of nitrogens with zero attached hydrogens (tertiary/aromatic N) is 1. The molecular formula is C17H15ClN2O. The van der Waals surface area contributed by atoms with Crippen molar-refractivity contribution in [1.82, 2.24) is 4.98 Å². The summed E-state index contributed by atoms with van der Waals surface area (Å²) in [4.78, 5) is 3.94. The molecule has 1 heterocycles. The molecule has 0 aliphatic carbocycles. The molecule has 0 aliphatic heterocycles. The van der Waals surface area contributed by atoms with E-state index in [2.05, 4.69) is 17.2 Å². The van der Waals surface area contributed by atoms with Gasteiger partial charge in [0.2, 0.25) is 0 Å². The average Bonchev–Trinajstić information content (AvgIpc) is 3.01. The summed E-state index contributed by atoms with van der Waals surface area (Å²) >= 11 is 5.98. The highest BCUT2D eigenvalue weighted by atomic mass is 35.5. The van der Waals surface area contributed by atoms with Crippen molar-refractivity contribution in [1.29, 1.82) is 0 Å². The van der Waals surface area contributed by atoms with Crippen LogP contribution in [0.2, 0.25) is 5.02 Å². The topological polar surface area (TPSA) is 38.1 Å².